The topological polar surface area (TPSA) is 133 Å². The molecule has 35 heavy (non-hydrogen) atoms. The maximum Gasteiger partial charge on any atom is 0.365 e. The fourth-order valence-corrected chi connectivity index (χ4v) is 5.56. The first-order valence-electron chi connectivity index (χ1n) is 12.6. The number of aliphatic carboxylic acids is 1. The highest BCUT2D eigenvalue weighted by Crippen LogP contribution is 2.36. The Bertz CT molecular complexity index is 1040. The molecule has 0 bridgehead atoms. The number of rotatable bonds is 12. The second-order valence-electron chi connectivity index (χ2n) is 9.32. The minimum atomic E-state index is -1.08. The number of carboxylic acids is 1. The van der Waals surface area contributed by atoms with E-state index in [1.807, 2.05) is 42.5 Å². The third kappa shape index (κ3) is 5.72. The van der Waals surface area contributed by atoms with Gasteiger partial charge in [-0.2, -0.15) is 0 Å². The molecule has 1 saturated heterocycles. The number of aryl methyl sites for hydroxylation is 1. The summed E-state index contributed by atoms with van der Waals surface area (Å²) in [6.45, 7) is 2.62. The van der Waals surface area contributed by atoms with Crippen molar-refractivity contribution in [2.45, 2.75) is 70.0 Å². The molecule has 4 atom stereocenters. The van der Waals surface area contributed by atoms with E-state index in [2.05, 4.69) is 0 Å². The second-order valence-corrected chi connectivity index (χ2v) is 9.32. The average Bonchev–Trinajstić information content (AvgIpc) is 3.30. The van der Waals surface area contributed by atoms with Crippen LogP contribution in [0.2, 0.25) is 0 Å². The number of hydrogen-bond acceptors (Lipinski definition) is 6. The van der Waals surface area contributed by atoms with Crippen LogP contribution in [0.25, 0.3) is 10.8 Å². The maximum atomic E-state index is 13.9. The summed E-state index contributed by atoms with van der Waals surface area (Å²) in [7, 11) is 0. The van der Waals surface area contributed by atoms with Gasteiger partial charge in [-0.05, 0) is 55.5 Å². The molecular weight excluding hydrogens is 446 g/mol. The molecule has 1 aliphatic rings. The van der Waals surface area contributed by atoms with Gasteiger partial charge in [-0.25, -0.2) is 18.9 Å². The molecule has 5 N–H and O–H groups in total. The Kier molecular flexibility index (Phi) is 9.37. The Labute approximate surface area is 206 Å². The van der Waals surface area contributed by atoms with E-state index >= 15 is 0 Å². The van der Waals surface area contributed by atoms with Crippen molar-refractivity contribution >= 4 is 28.6 Å². The lowest BCUT2D eigenvalue weighted by atomic mass is 9.95. The molecular formula is C27H38N3O5+. The van der Waals surface area contributed by atoms with E-state index in [1.54, 1.807) is 6.92 Å². The summed E-state index contributed by atoms with van der Waals surface area (Å²) in [5.74, 6) is -2.00. The van der Waals surface area contributed by atoms with Gasteiger partial charge in [-0.1, -0.05) is 42.5 Å². The van der Waals surface area contributed by atoms with Crippen molar-refractivity contribution < 1.29 is 28.7 Å². The van der Waals surface area contributed by atoms with E-state index in [0.717, 1.165) is 22.8 Å². The van der Waals surface area contributed by atoms with Crippen molar-refractivity contribution in [1.29, 1.82) is 0 Å². The van der Waals surface area contributed by atoms with Gasteiger partial charge < -0.3 is 21.3 Å². The Morgan fingerprint density at radius 2 is 1.86 bits per heavy atom. The molecule has 1 aliphatic heterocycles. The lowest BCUT2D eigenvalue weighted by Crippen LogP contribution is -2.70. The Hall–Kier alpha value is -2.81. The fourth-order valence-electron chi connectivity index (χ4n) is 5.56. The summed E-state index contributed by atoms with van der Waals surface area (Å²) >= 11 is 0. The summed E-state index contributed by atoms with van der Waals surface area (Å²) in [6, 6.07) is 11.2. The van der Waals surface area contributed by atoms with E-state index < -0.39 is 34.5 Å². The van der Waals surface area contributed by atoms with Crippen LogP contribution >= 0.6 is 0 Å². The summed E-state index contributed by atoms with van der Waals surface area (Å²) in [5.41, 5.74) is 13.0. The van der Waals surface area contributed by atoms with Crippen molar-refractivity contribution in [2.24, 2.45) is 11.5 Å². The quantitative estimate of drug-likeness (QED) is 0.240. The number of ether oxygens (including phenoxy) is 1. The zero-order valence-electron chi connectivity index (χ0n) is 20.5. The number of nitrogens with zero attached hydrogens (tertiary/aromatic N) is 1. The zero-order chi connectivity index (χ0) is 25.4. The number of carboxylic acid groups (broad SMARTS) is 1. The van der Waals surface area contributed by atoms with Crippen molar-refractivity contribution in [3.8, 4) is 0 Å². The van der Waals surface area contributed by atoms with Crippen LogP contribution in [0.3, 0.4) is 0 Å². The smallest absolute Gasteiger partial charge is 0.365 e. The van der Waals surface area contributed by atoms with E-state index in [-0.39, 0.29) is 25.5 Å². The van der Waals surface area contributed by atoms with E-state index in [0.29, 0.717) is 38.6 Å². The molecule has 1 amide bonds. The maximum absolute atomic E-state index is 13.9. The molecule has 0 saturated carbocycles. The van der Waals surface area contributed by atoms with Gasteiger partial charge in [0.1, 0.15) is 6.04 Å². The molecule has 0 spiro atoms. The first-order valence-corrected chi connectivity index (χ1v) is 12.6. The summed E-state index contributed by atoms with van der Waals surface area (Å²) in [4.78, 5) is 39.6. The van der Waals surface area contributed by atoms with E-state index in [4.69, 9.17) is 16.2 Å². The zero-order valence-corrected chi connectivity index (χ0v) is 20.5. The minimum absolute atomic E-state index is 0.151. The predicted molar refractivity (Wildman–Crippen MR) is 134 cm³/mol. The van der Waals surface area contributed by atoms with Gasteiger partial charge >= 0.3 is 17.8 Å². The van der Waals surface area contributed by atoms with Crippen molar-refractivity contribution in [3.05, 3.63) is 48.0 Å². The predicted octanol–water partition coefficient (Wildman–Crippen LogP) is 2.75. The van der Waals surface area contributed by atoms with E-state index in [9.17, 15) is 19.5 Å². The van der Waals surface area contributed by atoms with Gasteiger partial charge in [-0.15, -0.1) is 0 Å². The number of carbonyl (C=O) groups is 3. The molecule has 2 aromatic rings. The number of nitrogens with two attached hydrogens (primary N) is 2. The number of hydrogen-bond donors (Lipinski definition) is 3. The molecule has 8 nitrogen and oxygen atoms in total. The van der Waals surface area contributed by atoms with Gasteiger partial charge in [0.25, 0.3) is 0 Å². The van der Waals surface area contributed by atoms with Gasteiger partial charge in [0, 0.05) is 19.3 Å². The Balaban J connectivity index is 2.00. The summed E-state index contributed by atoms with van der Waals surface area (Å²) < 4.78 is 4.95. The van der Waals surface area contributed by atoms with Crippen LogP contribution in [0, 0.1) is 0 Å². The molecule has 190 valence electrons. The third-order valence-corrected chi connectivity index (χ3v) is 7.23. The Morgan fingerprint density at radius 1 is 1.11 bits per heavy atom. The van der Waals surface area contributed by atoms with E-state index in [1.165, 1.54) is 0 Å². The lowest BCUT2D eigenvalue weighted by Gasteiger charge is -2.42. The average molecular weight is 485 g/mol. The van der Waals surface area contributed by atoms with Crippen LogP contribution in [0.1, 0.15) is 51.0 Å². The summed E-state index contributed by atoms with van der Waals surface area (Å²) in [5, 5.41) is 12.3. The molecule has 0 aliphatic carbocycles. The normalized spacial score (nSPS) is 21.5. The number of unbranched alkanes of at least 4 members (excludes halogenated alkanes) is 1. The number of likely N-dealkylation sites (tertiary alicyclic amines) is 1. The lowest BCUT2D eigenvalue weighted by molar-refractivity contribution is -0.875. The largest absolute Gasteiger partial charge is 0.477 e. The molecule has 8 heteroatoms. The number of benzene rings is 2. The molecule has 0 aromatic heterocycles. The molecule has 2 unspecified atom stereocenters. The van der Waals surface area contributed by atoms with Crippen molar-refractivity contribution in [1.82, 2.24) is 0 Å². The standard InChI is InChI=1S/C27H37N3O5/c1-2-35-27(34)24(16-15-20-11-7-10-19-9-3-4-12-21(19)20)30(18-8-14-23(30)26(32)33)25(31)22(29)13-5-6-17-28/h3-4,7,9-12,22-24H,2,5-6,8,13-18,28-29H2,1H3/p+1/t22-,23-,24?,30?/m0/s1. The number of amides is 1. The fraction of sp³-hybridized carbons (Fsp3) is 0.519. The van der Waals surface area contributed by atoms with Gasteiger partial charge in [0.15, 0.2) is 12.1 Å². The first kappa shape index (κ1) is 26.8. The monoisotopic (exact) mass is 484 g/mol. The molecule has 1 fully saturated rings. The number of fused-ring (bicyclic) bond motifs is 1. The number of quaternary nitrogens is 1. The highest BCUT2D eigenvalue weighted by atomic mass is 16.5. The second kappa shape index (κ2) is 12.2. The van der Waals surface area contributed by atoms with Gasteiger partial charge in [-0.3, -0.25) is 0 Å². The van der Waals surface area contributed by atoms with Gasteiger partial charge in [0.05, 0.1) is 13.2 Å². The molecule has 1 heterocycles. The Morgan fingerprint density at radius 3 is 2.57 bits per heavy atom. The van der Waals surface area contributed by atoms with Crippen LogP contribution in [0.4, 0.5) is 0 Å². The highest BCUT2D eigenvalue weighted by Gasteiger charge is 2.60. The summed E-state index contributed by atoms with van der Waals surface area (Å²) in [6.07, 6.45) is 3.45. The van der Waals surface area contributed by atoms with Crippen LogP contribution in [-0.2, 0) is 25.5 Å². The van der Waals surface area contributed by atoms with Crippen LogP contribution in [0.5, 0.6) is 0 Å². The molecule has 0 radical (unpaired) electrons. The van der Waals surface area contributed by atoms with Gasteiger partial charge in [0.2, 0.25) is 0 Å². The van der Waals surface area contributed by atoms with Crippen molar-refractivity contribution in [3.63, 3.8) is 0 Å². The molecule has 3 rings (SSSR count). The number of carbonyl (C=O) groups excluding carboxylic acids is 2. The van der Waals surface area contributed by atoms with Crippen LogP contribution < -0.4 is 11.5 Å². The molecule has 2 aromatic carbocycles. The third-order valence-electron chi connectivity index (χ3n) is 7.23. The highest BCUT2D eigenvalue weighted by molar-refractivity contribution is 5.87. The SMILES string of the molecule is CCOC(=O)C(CCc1cccc2ccccc12)[N+]1(C(=O)[C@@H](N)CCCCN)CCC[C@H]1C(=O)O. The minimum Gasteiger partial charge on any atom is -0.477 e. The first-order chi connectivity index (χ1) is 16.9. The van der Waals surface area contributed by atoms with Crippen LogP contribution in [-0.4, -0.2) is 65.3 Å². The van der Waals surface area contributed by atoms with Crippen molar-refractivity contribution in [2.75, 3.05) is 19.7 Å². The van der Waals surface area contributed by atoms with Crippen LogP contribution in [0.15, 0.2) is 42.5 Å². The number of esters is 1.